The number of hydroxylamine groups is 2. The van der Waals surface area contributed by atoms with Crippen LogP contribution in [0.1, 0.15) is 52.9 Å². The molecule has 1 N–H and O–H groups in total. The van der Waals surface area contributed by atoms with Gasteiger partial charge in [-0.15, -0.1) is 0 Å². The van der Waals surface area contributed by atoms with Crippen LogP contribution in [-0.4, -0.2) is 42.9 Å². The number of hydrogen-bond acceptors (Lipinski definition) is 5. The number of hydrogen-bond donors (Lipinski definition) is 1. The number of nitrogens with one attached hydrogen (secondary N) is 1. The van der Waals surface area contributed by atoms with Gasteiger partial charge in [0, 0.05) is 19.5 Å². The summed E-state index contributed by atoms with van der Waals surface area (Å²) in [5, 5.41) is 4.00. The normalized spacial score (nSPS) is 17.8. The Bertz CT molecular complexity index is 359. The largest absolute Gasteiger partial charge is 0.444 e. The Kier molecular flexibility index (Phi) is 6.61. The summed E-state index contributed by atoms with van der Waals surface area (Å²) in [6, 6.07) is -0.0139. The molecular formula is C15H28N2O4. The summed E-state index contributed by atoms with van der Waals surface area (Å²) in [5.74, 6) is 0.101. The van der Waals surface area contributed by atoms with E-state index in [2.05, 4.69) is 5.32 Å². The second kappa shape index (κ2) is 7.75. The molecule has 6 heteroatoms. The first kappa shape index (κ1) is 17.9. The van der Waals surface area contributed by atoms with Crippen molar-refractivity contribution in [1.29, 1.82) is 0 Å². The standard InChI is InChI=1S/C15H28N2O4/c1-15(2,3)21-14(19)16-13(18)10-12(17(4)20-5)11-8-6-7-9-11/h11-12H,6-10H2,1-5H3,(H,16,18,19)/t12-/m0/s1. The topological polar surface area (TPSA) is 67.9 Å². The fourth-order valence-corrected chi connectivity index (χ4v) is 2.73. The number of carbonyl (C=O) groups excluding carboxylic acids is 2. The van der Waals surface area contributed by atoms with Gasteiger partial charge >= 0.3 is 6.09 Å². The van der Waals surface area contributed by atoms with Crippen molar-refractivity contribution in [2.75, 3.05) is 14.2 Å². The van der Waals surface area contributed by atoms with E-state index in [0.717, 1.165) is 12.8 Å². The minimum absolute atomic E-state index is 0.0139. The smallest absolute Gasteiger partial charge is 0.414 e. The molecule has 0 radical (unpaired) electrons. The molecule has 1 rings (SSSR count). The molecule has 1 saturated carbocycles. The molecule has 6 nitrogen and oxygen atoms in total. The minimum atomic E-state index is -0.697. The Morgan fingerprint density at radius 3 is 2.33 bits per heavy atom. The first-order valence-electron chi connectivity index (χ1n) is 7.52. The van der Waals surface area contributed by atoms with Gasteiger partial charge in [-0.2, -0.15) is 5.06 Å². The lowest BCUT2D eigenvalue weighted by molar-refractivity contribution is -0.160. The van der Waals surface area contributed by atoms with Gasteiger partial charge in [0.05, 0.1) is 7.11 Å². The highest BCUT2D eigenvalue weighted by molar-refractivity contribution is 5.92. The maximum Gasteiger partial charge on any atom is 0.414 e. The molecule has 122 valence electrons. The SMILES string of the molecule is CON(C)[C@@H](CC(=O)NC(=O)OC(C)(C)C)C1CCCC1. The third-order valence-electron chi connectivity index (χ3n) is 3.73. The van der Waals surface area contributed by atoms with E-state index >= 15 is 0 Å². The predicted octanol–water partition coefficient (Wildman–Crippen LogP) is 2.48. The highest BCUT2D eigenvalue weighted by Crippen LogP contribution is 2.31. The molecule has 1 atom stereocenters. The Morgan fingerprint density at radius 1 is 1.29 bits per heavy atom. The number of nitrogens with zero attached hydrogens (tertiary/aromatic N) is 1. The van der Waals surface area contributed by atoms with E-state index in [4.69, 9.17) is 9.57 Å². The second-order valence-corrected chi connectivity index (χ2v) is 6.59. The molecule has 1 aliphatic rings. The summed E-state index contributed by atoms with van der Waals surface area (Å²) in [7, 11) is 3.41. The van der Waals surface area contributed by atoms with E-state index in [0.29, 0.717) is 5.92 Å². The average molecular weight is 300 g/mol. The molecule has 0 aromatic rings. The first-order valence-corrected chi connectivity index (χ1v) is 7.52. The molecule has 0 heterocycles. The fraction of sp³-hybridized carbons (Fsp3) is 0.867. The van der Waals surface area contributed by atoms with Crippen molar-refractivity contribution in [3.8, 4) is 0 Å². The van der Waals surface area contributed by atoms with Gasteiger partial charge < -0.3 is 9.57 Å². The van der Waals surface area contributed by atoms with Gasteiger partial charge in [0.2, 0.25) is 5.91 Å². The number of carbonyl (C=O) groups is 2. The van der Waals surface area contributed by atoms with Crippen LogP contribution in [0.25, 0.3) is 0 Å². The Morgan fingerprint density at radius 2 is 1.86 bits per heavy atom. The number of ether oxygens (including phenoxy) is 1. The van der Waals surface area contributed by atoms with Crippen molar-refractivity contribution in [1.82, 2.24) is 10.4 Å². The quantitative estimate of drug-likeness (QED) is 0.790. The van der Waals surface area contributed by atoms with Gasteiger partial charge in [-0.05, 0) is 39.5 Å². The molecular weight excluding hydrogens is 272 g/mol. The molecule has 2 amide bonds. The summed E-state index contributed by atoms with van der Waals surface area (Å²) in [4.78, 5) is 28.9. The number of amides is 2. The number of alkyl carbamates (subject to hydrolysis) is 1. The van der Waals surface area contributed by atoms with E-state index in [-0.39, 0.29) is 18.4 Å². The Hall–Kier alpha value is -1.14. The van der Waals surface area contributed by atoms with Gasteiger partial charge in [-0.25, -0.2) is 4.79 Å². The lowest BCUT2D eigenvalue weighted by atomic mass is 9.95. The van der Waals surface area contributed by atoms with Crippen LogP contribution in [0.3, 0.4) is 0 Å². The predicted molar refractivity (Wildman–Crippen MR) is 79.5 cm³/mol. The van der Waals surface area contributed by atoms with Gasteiger partial charge in [0.25, 0.3) is 0 Å². The van der Waals surface area contributed by atoms with Crippen molar-refractivity contribution < 1.29 is 19.2 Å². The highest BCUT2D eigenvalue weighted by Gasteiger charge is 2.31. The van der Waals surface area contributed by atoms with Crippen molar-refractivity contribution >= 4 is 12.0 Å². The van der Waals surface area contributed by atoms with Gasteiger partial charge in [-0.3, -0.25) is 10.1 Å². The van der Waals surface area contributed by atoms with E-state index in [9.17, 15) is 9.59 Å². The van der Waals surface area contributed by atoms with Crippen LogP contribution < -0.4 is 5.32 Å². The summed E-state index contributed by atoms with van der Waals surface area (Å²) in [5.41, 5.74) is -0.613. The maximum atomic E-state index is 12.0. The third-order valence-corrected chi connectivity index (χ3v) is 3.73. The van der Waals surface area contributed by atoms with E-state index in [1.807, 2.05) is 7.05 Å². The zero-order valence-electron chi connectivity index (χ0n) is 13.8. The Labute approximate surface area is 127 Å². The molecule has 0 bridgehead atoms. The van der Waals surface area contributed by atoms with Crippen LogP contribution in [0.5, 0.6) is 0 Å². The fourth-order valence-electron chi connectivity index (χ4n) is 2.73. The van der Waals surface area contributed by atoms with Crippen LogP contribution in [-0.2, 0) is 14.4 Å². The second-order valence-electron chi connectivity index (χ2n) is 6.59. The van der Waals surface area contributed by atoms with Gasteiger partial charge in [0.1, 0.15) is 5.60 Å². The zero-order chi connectivity index (χ0) is 16.0. The van der Waals surface area contributed by atoms with E-state index < -0.39 is 11.7 Å². The van der Waals surface area contributed by atoms with Crippen LogP contribution in [0.4, 0.5) is 4.79 Å². The molecule has 0 aromatic carbocycles. The van der Waals surface area contributed by atoms with Crippen molar-refractivity contribution in [2.45, 2.75) is 64.5 Å². The highest BCUT2D eigenvalue weighted by atomic mass is 16.7. The molecule has 21 heavy (non-hydrogen) atoms. The van der Waals surface area contributed by atoms with Crippen LogP contribution >= 0.6 is 0 Å². The number of rotatable bonds is 5. The summed E-state index contributed by atoms with van der Waals surface area (Å²) in [6.45, 7) is 5.28. The van der Waals surface area contributed by atoms with E-state index in [1.54, 1.807) is 32.9 Å². The molecule has 1 aliphatic carbocycles. The molecule has 0 aliphatic heterocycles. The molecule has 0 unspecified atom stereocenters. The lowest BCUT2D eigenvalue weighted by Crippen LogP contribution is -2.43. The maximum absolute atomic E-state index is 12.0. The third kappa shape index (κ3) is 6.44. The molecule has 1 fully saturated rings. The minimum Gasteiger partial charge on any atom is -0.444 e. The van der Waals surface area contributed by atoms with Crippen molar-refractivity contribution in [2.24, 2.45) is 5.92 Å². The summed E-state index contributed by atoms with van der Waals surface area (Å²) >= 11 is 0. The monoisotopic (exact) mass is 300 g/mol. The van der Waals surface area contributed by atoms with Crippen molar-refractivity contribution in [3.63, 3.8) is 0 Å². The van der Waals surface area contributed by atoms with Gasteiger partial charge in [-0.1, -0.05) is 12.8 Å². The van der Waals surface area contributed by atoms with Crippen LogP contribution in [0, 0.1) is 5.92 Å². The van der Waals surface area contributed by atoms with Crippen LogP contribution in [0.2, 0.25) is 0 Å². The average Bonchev–Trinajstić information content (AvgIpc) is 2.86. The Balaban J connectivity index is 2.53. The van der Waals surface area contributed by atoms with Crippen molar-refractivity contribution in [3.05, 3.63) is 0 Å². The lowest BCUT2D eigenvalue weighted by Gasteiger charge is -2.30. The molecule has 0 saturated heterocycles. The summed E-state index contributed by atoms with van der Waals surface area (Å²) in [6.07, 6.45) is 4.10. The summed E-state index contributed by atoms with van der Waals surface area (Å²) < 4.78 is 5.09. The van der Waals surface area contributed by atoms with Gasteiger partial charge in [0.15, 0.2) is 0 Å². The van der Waals surface area contributed by atoms with E-state index in [1.165, 1.54) is 12.8 Å². The zero-order valence-corrected chi connectivity index (χ0v) is 13.8. The van der Waals surface area contributed by atoms with Crippen LogP contribution in [0.15, 0.2) is 0 Å². The molecule has 0 spiro atoms. The first-order chi connectivity index (χ1) is 9.73. The molecule has 0 aromatic heterocycles. The number of imide groups is 1.